The Morgan fingerprint density at radius 2 is 2.27 bits per heavy atom. The summed E-state index contributed by atoms with van der Waals surface area (Å²) >= 11 is 3.36. The quantitative estimate of drug-likeness (QED) is 0.772. The number of hydrogen-bond acceptors (Lipinski definition) is 3. The van der Waals surface area contributed by atoms with Crippen LogP contribution in [0.1, 0.15) is 32.0 Å². The Morgan fingerprint density at radius 1 is 1.47 bits per heavy atom. The van der Waals surface area contributed by atoms with Crippen molar-refractivity contribution in [1.29, 1.82) is 0 Å². The van der Waals surface area contributed by atoms with E-state index in [1.165, 1.54) is 12.8 Å². The zero-order chi connectivity index (χ0) is 10.7. The van der Waals surface area contributed by atoms with Gasteiger partial charge in [0.05, 0.1) is 6.61 Å². The third-order valence-corrected chi connectivity index (χ3v) is 2.91. The van der Waals surface area contributed by atoms with Gasteiger partial charge < -0.3 is 4.74 Å². The van der Waals surface area contributed by atoms with Crippen LogP contribution in [0.4, 0.5) is 0 Å². The fourth-order valence-corrected chi connectivity index (χ4v) is 1.81. The van der Waals surface area contributed by atoms with Gasteiger partial charge in [0, 0.05) is 12.5 Å². The van der Waals surface area contributed by atoms with Crippen LogP contribution in [0.15, 0.2) is 10.7 Å². The summed E-state index contributed by atoms with van der Waals surface area (Å²) in [4.78, 5) is 8.54. The van der Waals surface area contributed by atoms with E-state index in [-0.39, 0.29) is 0 Å². The monoisotopic (exact) mass is 270 g/mol. The van der Waals surface area contributed by atoms with Gasteiger partial charge in [-0.1, -0.05) is 19.8 Å². The Morgan fingerprint density at radius 3 is 2.93 bits per heavy atom. The SMILES string of the molecule is CCc1nc(Br)cc(OCCC2CC2)n1. The molecule has 1 heterocycles. The van der Waals surface area contributed by atoms with E-state index in [1.54, 1.807) is 0 Å². The minimum Gasteiger partial charge on any atom is -0.478 e. The van der Waals surface area contributed by atoms with Crippen LogP contribution in [0, 0.1) is 5.92 Å². The van der Waals surface area contributed by atoms with Crippen molar-refractivity contribution in [3.8, 4) is 5.88 Å². The third-order valence-electron chi connectivity index (χ3n) is 2.51. The van der Waals surface area contributed by atoms with E-state index in [0.717, 1.165) is 35.8 Å². The third kappa shape index (κ3) is 3.45. The molecule has 82 valence electrons. The summed E-state index contributed by atoms with van der Waals surface area (Å²) < 4.78 is 6.40. The number of aryl methyl sites for hydroxylation is 1. The number of rotatable bonds is 5. The van der Waals surface area contributed by atoms with Gasteiger partial charge in [-0.15, -0.1) is 0 Å². The molecule has 1 saturated carbocycles. The Labute approximate surface area is 98.4 Å². The summed E-state index contributed by atoms with van der Waals surface area (Å²) in [6.45, 7) is 2.81. The van der Waals surface area contributed by atoms with Crippen LogP contribution in [0.25, 0.3) is 0 Å². The fraction of sp³-hybridized carbons (Fsp3) is 0.636. The van der Waals surface area contributed by atoms with E-state index in [9.17, 15) is 0 Å². The highest BCUT2D eigenvalue weighted by Crippen LogP contribution is 2.32. The van der Waals surface area contributed by atoms with Crippen molar-refractivity contribution < 1.29 is 4.74 Å². The Kier molecular flexibility index (Phi) is 3.57. The summed E-state index contributed by atoms with van der Waals surface area (Å²) in [7, 11) is 0. The van der Waals surface area contributed by atoms with Crippen molar-refractivity contribution in [2.24, 2.45) is 5.92 Å². The van der Waals surface area contributed by atoms with Crippen molar-refractivity contribution in [2.45, 2.75) is 32.6 Å². The summed E-state index contributed by atoms with van der Waals surface area (Å²) in [5.74, 6) is 2.42. The molecule has 1 aromatic heterocycles. The summed E-state index contributed by atoms with van der Waals surface area (Å²) in [5, 5.41) is 0. The summed E-state index contributed by atoms with van der Waals surface area (Å²) in [6, 6.07) is 1.83. The van der Waals surface area contributed by atoms with E-state index in [2.05, 4.69) is 25.9 Å². The topological polar surface area (TPSA) is 35.0 Å². The molecule has 15 heavy (non-hydrogen) atoms. The highest BCUT2D eigenvalue weighted by Gasteiger charge is 2.20. The van der Waals surface area contributed by atoms with E-state index in [1.807, 2.05) is 13.0 Å². The Hall–Kier alpha value is -0.640. The first-order valence-electron chi connectivity index (χ1n) is 5.44. The Bertz CT molecular complexity index is 339. The first kappa shape index (κ1) is 10.9. The molecule has 1 aliphatic rings. The second kappa shape index (κ2) is 4.92. The lowest BCUT2D eigenvalue weighted by molar-refractivity contribution is 0.289. The first-order valence-corrected chi connectivity index (χ1v) is 6.23. The van der Waals surface area contributed by atoms with Gasteiger partial charge in [0.25, 0.3) is 0 Å². The van der Waals surface area contributed by atoms with Crippen molar-refractivity contribution in [3.63, 3.8) is 0 Å². The molecule has 0 unspecified atom stereocenters. The van der Waals surface area contributed by atoms with Crippen LogP contribution in [0.3, 0.4) is 0 Å². The zero-order valence-electron chi connectivity index (χ0n) is 8.87. The largest absolute Gasteiger partial charge is 0.478 e. The molecule has 1 fully saturated rings. The number of aromatic nitrogens is 2. The molecule has 2 rings (SSSR count). The highest BCUT2D eigenvalue weighted by atomic mass is 79.9. The van der Waals surface area contributed by atoms with Gasteiger partial charge in [-0.2, -0.15) is 4.98 Å². The zero-order valence-corrected chi connectivity index (χ0v) is 10.5. The van der Waals surface area contributed by atoms with Gasteiger partial charge in [0.1, 0.15) is 10.4 Å². The van der Waals surface area contributed by atoms with E-state index >= 15 is 0 Å². The number of hydrogen-bond donors (Lipinski definition) is 0. The maximum absolute atomic E-state index is 5.60. The summed E-state index contributed by atoms with van der Waals surface area (Å²) in [6.07, 6.45) is 4.73. The minimum atomic E-state index is 0.689. The number of halogens is 1. The molecule has 0 atom stereocenters. The molecule has 1 aliphatic carbocycles. The lowest BCUT2D eigenvalue weighted by Gasteiger charge is -2.06. The molecule has 0 aromatic carbocycles. The minimum absolute atomic E-state index is 0.689. The molecule has 0 N–H and O–H groups in total. The lowest BCUT2D eigenvalue weighted by atomic mass is 10.3. The van der Waals surface area contributed by atoms with Gasteiger partial charge >= 0.3 is 0 Å². The van der Waals surface area contributed by atoms with Crippen molar-refractivity contribution in [3.05, 3.63) is 16.5 Å². The van der Waals surface area contributed by atoms with Gasteiger partial charge in [0.2, 0.25) is 5.88 Å². The molecule has 4 heteroatoms. The smallest absolute Gasteiger partial charge is 0.217 e. The maximum Gasteiger partial charge on any atom is 0.217 e. The second-order valence-electron chi connectivity index (χ2n) is 3.88. The molecule has 0 spiro atoms. The lowest BCUT2D eigenvalue weighted by Crippen LogP contribution is -2.02. The van der Waals surface area contributed by atoms with Crippen molar-refractivity contribution >= 4 is 15.9 Å². The van der Waals surface area contributed by atoms with Crippen LogP contribution in [-0.2, 0) is 6.42 Å². The second-order valence-corrected chi connectivity index (χ2v) is 4.69. The predicted molar refractivity (Wildman–Crippen MR) is 61.9 cm³/mol. The molecule has 0 aliphatic heterocycles. The van der Waals surface area contributed by atoms with Gasteiger partial charge in [0.15, 0.2) is 0 Å². The Balaban J connectivity index is 1.90. The average Bonchev–Trinajstić information content (AvgIpc) is 3.01. The summed E-state index contributed by atoms with van der Waals surface area (Å²) in [5.41, 5.74) is 0. The molecule has 0 saturated heterocycles. The molecular formula is C11H15BrN2O. The van der Waals surface area contributed by atoms with E-state index < -0.39 is 0 Å². The van der Waals surface area contributed by atoms with Crippen molar-refractivity contribution in [1.82, 2.24) is 9.97 Å². The molecule has 1 aromatic rings. The molecule has 3 nitrogen and oxygen atoms in total. The standard InChI is InChI=1S/C11H15BrN2O/c1-2-10-13-9(12)7-11(14-10)15-6-5-8-3-4-8/h7-8H,2-6H2,1H3. The molecular weight excluding hydrogens is 256 g/mol. The molecule has 0 amide bonds. The van der Waals surface area contributed by atoms with Crippen LogP contribution in [-0.4, -0.2) is 16.6 Å². The molecule has 0 radical (unpaired) electrons. The fourth-order valence-electron chi connectivity index (χ4n) is 1.41. The number of nitrogens with zero attached hydrogens (tertiary/aromatic N) is 2. The maximum atomic E-state index is 5.60. The van der Waals surface area contributed by atoms with E-state index in [4.69, 9.17) is 4.74 Å². The average molecular weight is 271 g/mol. The van der Waals surface area contributed by atoms with Crippen LogP contribution in [0.5, 0.6) is 5.88 Å². The van der Waals surface area contributed by atoms with Gasteiger partial charge in [-0.3, -0.25) is 0 Å². The molecule has 0 bridgehead atoms. The van der Waals surface area contributed by atoms with Crippen LogP contribution >= 0.6 is 15.9 Å². The highest BCUT2D eigenvalue weighted by molar-refractivity contribution is 9.10. The van der Waals surface area contributed by atoms with Crippen molar-refractivity contribution in [2.75, 3.05) is 6.61 Å². The van der Waals surface area contributed by atoms with Crippen LogP contribution in [0.2, 0.25) is 0 Å². The first-order chi connectivity index (χ1) is 7.28. The van der Waals surface area contributed by atoms with Gasteiger partial charge in [-0.05, 0) is 28.3 Å². The normalized spacial score (nSPS) is 15.3. The number of ether oxygens (including phenoxy) is 1. The van der Waals surface area contributed by atoms with E-state index in [0.29, 0.717) is 5.88 Å². The predicted octanol–water partition coefficient (Wildman–Crippen LogP) is 2.98. The van der Waals surface area contributed by atoms with Crippen LogP contribution < -0.4 is 4.74 Å². The van der Waals surface area contributed by atoms with Gasteiger partial charge in [-0.25, -0.2) is 4.98 Å².